The Morgan fingerprint density at radius 3 is 2.39 bits per heavy atom. The van der Waals surface area contributed by atoms with E-state index in [4.69, 9.17) is 15.8 Å². The van der Waals surface area contributed by atoms with Crippen LogP contribution in [0.4, 0.5) is 0 Å². The highest BCUT2D eigenvalue weighted by molar-refractivity contribution is 6.40. The number of nitrogens with two attached hydrogens (primary N) is 1. The second-order valence-electron chi connectivity index (χ2n) is 8.14. The molecule has 0 heterocycles. The fourth-order valence-electron chi connectivity index (χ4n) is 3.92. The predicted octanol–water partition coefficient (Wildman–Crippen LogP) is 2.60. The second-order valence-corrected chi connectivity index (χ2v) is 8.14. The zero-order valence-electron chi connectivity index (χ0n) is 17.6. The van der Waals surface area contributed by atoms with Gasteiger partial charge in [0.2, 0.25) is 0 Å². The van der Waals surface area contributed by atoms with Crippen LogP contribution in [-0.4, -0.2) is 52.3 Å². The van der Waals surface area contributed by atoms with Crippen molar-refractivity contribution in [3.05, 3.63) is 35.9 Å². The van der Waals surface area contributed by atoms with Gasteiger partial charge >= 0.3 is 13.1 Å². The van der Waals surface area contributed by atoms with Gasteiger partial charge in [-0.2, -0.15) is 0 Å². The number of aliphatic carboxylic acids is 1. The van der Waals surface area contributed by atoms with E-state index in [2.05, 4.69) is 30.9 Å². The predicted molar refractivity (Wildman–Crippen MR) is 114 cm³/mol. The number of rotatable bonds is 8. The number of hydrogen-bond acceptors (Lipinski definition) is 5. The lowest BCUT2D eigenvalue weighted by atomic mass is 9.66. The van der Waals surface area contributed by atoms with Crippen molar-refractivity contribution < 1.29 is 19.9 Å². The van der Waals surface area contributed by atoms with Crippen LogP contribution < -0.4 is 5.73 Å². The fourth-order valence-corrected chi connectivity index (χ4v) is 3.92. The highest BCUT2D eigenvalue weighted by Crippen LogP contribution is 2.38. The fraction of sp³-hybridized carbons (Fsp3) is 0.667. The SMILES string of the molecule is CCC.CN(Cc1ccccc1)CC1CCC(CCB(O)O)CC1(N)C(=O)O. The summed E-state index contributed by atoms with van der Waals surface area (Å²) in [6.07, 6.45) is 4.12. The first kappa shape index (κ1) is 24.6. The van der Waals surface area contributed by atoms with Gasteiger partial charge in [0.25, 0.3) is 0 Å². The molecule has 0 spiro atoms. The van der Waals surface area contributed by atoms with Gasteiger partial charge in [0.15, 0.2) is 0 Å². The molecular weight excluding hydrogens is 355 g/mol. The molecule has 0 aromatic heterocycles. The summed E-state index contributed by atoms with van der Waals surface area (Å²) >= 11 is 0. The summed E-state index contributed by atoms with van der Waals surface area (Å²) < 4.78 is 0. The van der Waals surface area contributed by atoms with Crippen molar-refractivity contribution in [2.24, 2.45) is 17.6 Å². The largest absolute Gasteiger partial charge is 0.480 e. The zero-order valence-corrected chi connectivity index (χ0v) is 17.6. The molecule has 3 atom stereocenters. The van der Waals surface area contributed by atoms with Gasteiger partial charge in [0.1, 0.15) is 5.54 Å². The maximum Gasteiger partial charge on any atom is 0.451 e. The molecule has 1 saturated carbocycles. The Hall–Kier alpha value is -1.41. The Kier molecular flexibility index (Phi) is 10.8. The van der Waals surface area contributed by atoms with Crippen LogP contribution in [0.2, 0.25) is 6.32 Å². The molecule has 1 aromatic rings. The zero-order chi connectivity index (χ0) is 21.2. The van der Waals surface area contributed by atoms with Crippen molar-refractivity contribution in [3.8, 4) is 0 Å². The molecule has 0 radical (unpaired) electrons. The molecule has 1 aliphatic carbocycles. The highest BCUT2D eigenvalue weighted by atomic mass is 16.4. The van der Waals surface area contributed by atoms with Gasteiger partial charge in [0.05, 0.1) is 0 Å². The Bertz CT molecular complexity index is 573. The molecule has 5 N–H and O–H groups in total. The molecule has 2 rings (SSSR count). The van der Waals surface area contributed by atoms with Crippen LogP contribution in [0.3, 0.4) is 0 Å². The molecule has 6 nitrogen and oxygen atoms in total. The standard InChI is InChI=1S/C18H29BN2O4.C3H8/c1-21(12-15-5-3-2-4-6-15)13-16-8-7-14(9-10-19(24)25)11-18(16,20)17(22)23;1-3-2/h2-6,14,16,24-25H,7-13,20H2,1H3,(H,22,23);3H2,1-2H3. The van der Waals surface area contributed by atoms with Gasteiger partial charge < -0.3 is 25.8 Å². The van der Waals surface area contributed by atoms with Gasteiger partial charge in [0, 0.05) is 19.0 Å². The number of carboxylic acid groups (broad SMARTS) is 1. The molecule has 0 saturated heterocycles. The van der Waals surface area contributed by atoms with E-state index in [0.29, 0.717) is 19.4 Å². The van der Waals surface area contributed by atoms with Gasteiger partial charge in [-0.05, 0) is 44.1 Å². The monoisotopic (exact) mass is 392 g/mol. The Morgan fingerprint density at radius 1 is 1.25 bits per heavy atom. The molecule has 0 aliphatic heterocycles. The minimum absolute atomic E-state index is 0.117. The van der Waals surface area contributed by atoms with E-state index < -0.39 is 18.6 Å². The summed E-state index contributed by atoms with van der Waals surface area (Å²) in [4.78, 5) is 14.0. The van der Waals surface area contributed by atoms with Gasteiger partial charge in [-0.15, -0.1) is 0 Å². The van der Waals surface area contributed by atoms with Gasteiger partial charge in [-0.3, -0.25) is 4.79 Å². The average molecular weight is 392 g/mol. The Morgan fingerprint density at radius 2 is 1.86 bits per heavy atom. The minimum atomic E-state index is -1.34. The molecule has 0 amide bonds. The Labute approximate surface area is 169 Å². The quantitative estimate of drug-likeness (QED) is 0.507. The summed E-state index contributed by atoms with van der Waals surface area (Å²) in [5.74, 6) is -0.951. The summed E-state index contributed by atoms with van der Waals surface area (Å²) in [6, 6.07) is 10.1. The average Bonchev–Trinajstić information content (AvgIpc) is 2.63. The first-order valence-corrected chi connectivity index (χ1v) is 10.3. The second kappa shape index (κ2) is 12.2. The van der Waals surface area contributed by atoms with Crippen molar-refractivity contribution in [3.63, 3.8) is 0 Å². The minimum Gasteiger partial charge on any atom is -0.480 e. The molecule has 3 unspecified atom stereocenters. The molecular formula is C21H37BN2O4. The van der Waals surface area contributed by atoms with Crippen LogP contribution in [-0.2, 0) is 11.3 Å². The van der Waals surface area contributed by atoms with Gasteiger partial charge in [-0.1, -0.05) is 57.0 Å². The molecule has 1 aliphatic rings. The molecule has 28 heavy (non-hydrogen) atoms. The Balaban J connectivity index is 0.00000122. The summed E-state index contributed by atoms with van der Waals surface area (Å²) in [5, 5.41) is 27.8. The van der Waals surface area contributed by atoms with Crippen molar-refractivity contribution in [1.82, 2.24) is 4.90 Å². The number of hydrogen-bond donors (Lipinski definition) is 4. The first-order valence-electron chi connectivity index (χ1n) is 10.3. The number of carbonyl (C=O) groups is 1. The number of nitrogens with zero attached hydrogens (tertiary/aromatic N) is 1. The van der Waals surface area contributed by atoms with Crippen LogP contribution in [0.25, 0.3) is 0 Å². The highest BCUT2D eigenvalue weighted by Gasteiger charge is 2.47. The third-order valence-corrected chi connectivity index (χ3v) is 5.34. The number of benzene rings is 1. The van der Waals surface area contributed by atoms with E-state index in [0.717, 1.165) is 19.4 Å². The topological polar surface area (TPSA) is 107 Å². The molecule has 1 aromatic carbocycles. The number of carboxylic acids is 1. The van der Waals surface area contributed by atoms with E-state index in [1.807, 2.05) is 25.2 Å². The smallest absolute Gasteiger partial charge is 0.451 e. The van der Waals surface area contributed by atoms with Crippen LogP contribution in [0.5, 0.6) is 0 Å². The third-order valence-electron chi connectivity index (χ3n) is 5.34. The summed E-state index contributed by atoms with van der Waals surface area (Å²) in [5.41, 5.74) is 6.27. The van der Waals surface area contributed by atoms with E-state index >= 15 is 0 Å². The molecule has 7 heteroatoms. The summed E-state index contributed by atoms with van der Waals surface area (Å²) in [6.45, 7) is 5.64. The molecule has 1 fully saturated rings. The lowest BCUT2D eigenvalue weighted by Gasteiger charge is -2.43. The van der Waals surface area contributed by atoms with E-state index in [1.165, 1.54) is 12.0 Å². The molecule has 0 bridgehead atoms. The van der Waals surface area contributed by atoms with Crippen LogP contribution >= 0.6 is 0 Å². The van der Waals surface area contributed by atoms with E-state index in [-0.39, 0.29) is 18.2 Å². The van der Waals surface area contributed by atoms with Crippen molar-refractivity contribution in [2.45, 2.75) is 64.4 Å². The van der Waals surface area contributed by atoms with Crippen LogP contribution in [0.15, 0.2) is 30.3 Å². The van der Waals surface area contributed by atoms with Crippen LogP contribution in [0.1, 0.15) is 51.5 Å². The van der Waals surface area contributed by atoms with Crippen molar-refractivity contribution in [1.29, 1.82) is 0 Å². The van der Waals surface area contributed by atoms with Crippen molar-refractivity contribution in [2.75, 3.05) is 13.6 Å². The first-order chi connectivity index (χ1) is 13.2. The normalized spacial score (nSPS) is 24.4. The van der Waals surface area contributed by atoms with E-state index in [9.17, 15) is 9.90 Å². The lowest BCUT2D eigenvalue weighted by Crippen LogP contribution is -2.59. The van der Waals surface area contributed by atoms with E-state index in [1.54, 1.807) is 0 Å². The van der Waals surface area contributed by atoms with Crippen molar-refractivity contribution >= 4 is 13.1 Å². The maximum atomic E-state index is 11.9. The molecule has 158 valence electrons. The maximum absolute atomic E-state index is 11.9. The van der Waals surface area contributed by atoms with Gasteiger partial charge in [-0.25, -0.2) is 0 Å². The lowest BCUT2D eigenvalue weighted by molar-refractivity contribution is -0.148. The van der Waals surface area contributed by atoms with Crippen LogP contribution in [0, 0.1) is 11.8 Å². The summed E-state index contributed by atoms with van der Waals surface area (Å²) in [7, 11) is 0.649. The third kappa shape index (κ3) is 7.91.